The minimum Gasteiger partial charge on any atom is -0.356 e. The van der Waals surface area contributed by atoms with E-state index in [-0.39, 0.29) is 17.4 Å². The van der Waals surface area contributed by atoms with Crippen LogP contribution >= 0.6 is 39.3 Å². The zero-order valence-electron chi connectivity index (χ0n) is 17.2. The van der Waals surface area contributed by atoms with Crippen LogP contribution < -0.4 is 5.32 Å². The van der Waals surface area contributed by atoms with Crippen LogP contribution in [-0.2, 0) is 11.2 Å². The topological polar surface area (TPSA) is 76.9 Å². The van der Waals surface area contributed by atoms with Crippen LogP contribution in [0.1, 0.15) is 35.1 Å². The molecule has 1 aromatic heterocycles. The fourth-order valence-corrected chi connectivity index (χ4v) is 4.20. The van der Waals surface area contributed by atoms with Gasteiger partial charge in [0.05, 0.1) is 11.4 Å². The van der Waals surface area contributed by atoms with Crippen molar-refractivity contribution in [2.75, 3.05) is 12.3 Å². The second kappa shape index (κ2) is 10.9. The highest BCUT2D eigenvalue weighted by Crippen LogP contribution is 2.27. The predicted molar refractivity (Wildman–Crippen MR) is 127 cm³/mol. The lowest BCUT2D eigenvalue weighted by molar-refractivity contribution is -0.118. The summed E-state index contributed by atoms with van der Waals surface area (Å²) in [5.41, 5.74) is 2.47. The first-order valence-corrected chi connectivity index (χ1v) is 11.9. The van der Waals surface area contributed by atoms with E-state index in [0.717, 1.165) is 28.0 Å². The first-order chi connectivity index (χ1) is 14.8. The first kappa shape index (κ1) is 23.5. The highest BCUT2D eigenvalue weighted by molar-refractivity contribution is 9.10. The third-order valence-corrected chi connectivity index (χ3v) is 6.43. The lowest BCUT2D eigenvalue weighted by atomic mass is 10.2. The summed E-state index contributed by atoms with van der Waals surface area (Å²) in [6, 6.07) is 13.1. The number of amides is 1. The molecule has 0 fully saturated rings. The van der Waals surface area contributed by atoms with Gasteiger partial charge >= 0.3 is 0 Å². The normalized spacial score (nSPS) is 10.8. The quantitative estimate of drug-likeness (QED) is 0.243. The van der Waals surface area contributed by atoms with Gasteiger partial charge in [0, 0.05) is 34.9 Å². The highest BCUT2D eigenvalue weighted by atomic mass is 79.9. The summed E-state index contributed by atoms with van der Waals surface area (Å²) in [5.74, 6) is 0.949. The van der Waals surface area contributed by atoms with Crippen LogP contribution in [0.2, 0.25) is 5.02 Å². The maximum Gasteiger partial charge on any atom is 0.216 e. The molecule has 1 N–H and O–H groups in total. The van der Waals surface area contributed by atoms with Crippen LogP contribution in [0.5, 0.6) is 0 Å². The van der Waals surface area contributed by atoms with Gasteiger partial charge in [-0.3, -0.25) is 14.2 Å². The van der Waals surface area contributed by atoms with E-state index in [9.17, 15) is 9.59 Å². The minimum absolute atomic E-state index is 0.0150. The number of aromatic nitrogens is 3. The van der Waals surface area contributed by atoms with Crippen molar-refractivity contribution in [1.82, 2.24) is 20.1 Å². The number of hydrogen-bond acceptors (Lipinski definition) is 5. The van der Waals surface area contributed by atoms with Crippen molar-refractivity contribution in [2.45, 2.75) is 31.8 Å². The number of thioether (sulfide) groups is 1. The number of nitrogens with zero attached hydrogens (tertiary/aromatic N) is 3. The molecule has 162 valence electrons. The molecule has 0 aliphatic rings. The predicted octanol–water partition coefficient (Wildman–Crippen LogP) is 5.04. The van der Waals surface area contributed by atoms with Crippen molar-refractivity contribution in [2.24, 2.45) is 0 Å². The Hall–Kier alpha value is -2.16. The van der Waals surface area contributed by atoms with Crippen molar-refractivity contribution >= 4 is 51.0 Å². The largest absolute Gasteiger partial charge is 0.356 e. The van der Waals surface area contributed by atoms with Gasteiger partial charge in [0.25, 0.3) is 0 Å². The molecule has 0 aliphatic carbocycles. The fraction of sp³-hybridized carbons (Fsp3) is 0.273. The van der Waals surface area contributed by atoms with Crippen molar-refractivity contribution in [3.63, 3.8) is 0 Å². The van der Waals surface area contributed by atoms with Crippen molar-refractivity contribution in [3.8, 4) is 5.69 Å². The van der Waals surface area contributed by atoms with Gasteiger partial charge in [0.15, 0.2) is 10.9 Å². The van der Waals surface area contributed by atoms with Gasteiger partial charge in [-0.1, -0.05) is 57.5 Å². The van der Waals surface area contributed by atoms with E-state index in [1.807, 2.05) is 41.8 Å². The minimum atomic E-state index is -0.0607. The number of nitrogens with one attached hydrogen (secondary N) is 1. The standard InChI is InChI=1S/C22H22BrClN4O2S/c1-14-5-10-18(12-19(14)24)28-21(4-3-11-25-15(2)29)26-27-22(28)31-13-20(30)16-6-8-17(23)9-7-16/h5-10,12H,3-4,11,13H2,1-2H3,(H,25,29). The van der Waals surface area contributed by atoms with Gasteiger partial charge in [-0.05, 0) is 43.2 Å². The second-order valence-electron chi connectivity index (χ2n) is 6.97. The Morgan fingerprint density at radius 1 is 1.16 bits per heavy atom. The lowest BCUT2D eigenvalue weighted by Gasteiger charge is -2.12. The maximum atomic E-state index is 12.6. The molecule has 1 amide bonds. The molecule has 9 heteroatoms. The second-order valence-corrected chi connectivity index (χ2v) is 9.24. The SMILES string of the molecule is CC(=O)NCCCc1nnc(SCC(=O)c2ccc(Br)cc2)n1-c1ccc(C)c(Cl)c1. The summed E-state index contributed by atoms with van der Waals surface area (Å²) in [4.78, 5) is 23.7. The smallest absolute Gasteiger partial charge is 0.216 e. The molecule has 0 saturated carbocycles. The summed E-state index contributed by atoms with van der Waals surface area (Å²) in [7, 11) is 0. The van der Waals surface area contributed by atoms with Crippen LogP contribution in [-0.4, -0.2) is 38.8 Å². The van der Waals surface area contributed by atoms with Gasteiger partial charge in [-0.25, -0.2) is 0 Å². The van der Waals surface area contributed by atoms with Crippen molar-refractivity contribution in [1.29, 1.82) is 0 Å². The highest BCUT2D eigenvalue weighted by Gasteiger charge is 2.17. The Morgan fingerprint density at radius 2 is 1.90 bits per heavy atom. The van der Waals surface area contributed by atoms with Crippen LogP contribution in [0.25, 0.3) is 5.69 Å². The number of halogens is 2. The molecule has 2 aromatic carbocycles. The van der Waals surface area contributed by atoms with Crippen LogP contribution in [0.15, 0.2) is 52.1 Å². The summed E-state index contributed by atoms with van der Waals surface area (Å²) >= 11 is 11.1. The molecule has 0 atom stereocenters. The van der Waals surface area contributed by atoms with Gasteiger partial charge in [-0.15, -0.1) is 10.2 Å². The Morgan fingerprint density at radius 3 is 2.58 bits per heavy atom. The number of ketones is 1. The maximum absolute atomic E-state index is 12.6. The average Bonchev–Trinajstić information content (AvgIpc) is 3.14. The Balaban J connectivity index is 1.81. The van der Waals surface area contributed by atoms with E-state index in [0.29, 0.717) is 28.7 Å². The number of carbonyl (C=O) groups excluding carboxylic acids is 2. The monoisotopic (exact) mass is 520 g/mol. The molecule has 31 heavy (non-hydrogen) atoms. The van der Waals surface area contributed by atoms with Crippen LogP contribution in [0.3, 0.4) is 0 Å². The average molecular weight is 522 g/mol. The molecular formula is C22H22BrClN4O2S. The van der Waals surface area contributed by atoms with Crippen molar-refractivity contribution < 1.29 is 9.59 Å². The Bertz CT molecular complexity index is 1090. The van der Waals surface area contributed by atoms with Crippen LogP contribution in [0.4, 0.5) is 0 Å². The zero-order valence-corrected chi connectivity index (χ0v) is 20.4. The number of rotatable bonds is 9. The fourth-order valence-electron chi connectivity index (χ4n) is 2.90. The summed E-state index contributed by atoms with van der Waals surface area (Å²) in [5, 5.41) is 12.7. The molecule has 0 unspecified atom stereocenters. The van der Waals surface area contributed by atoms with E-state index < -0.39 is 0 Å². The lowest BCUT2D eigenvalue weighted by Crippen LogP contribution is -2.21. The van der Waals surface area contributed by atoms with E-state index in [2.05, 4.69) is 31.4 Å². The van der Waals surface area contributed by atoms with Gasteiger partial charge in [-0.2, -0.15) is 0 Å². The first-order valence-electron chi connectivity index (χ1n) is 9.72. The summed E-state index contributed by atoms with van der Waals surface area (Å²) < 4.78 is 2.86. The molecule has 3 rings (SSSR count). The third kappa shape index (κ3) is 6.41. The Labute approximate surface area is 198 Å². The Kier molecular flexibility index (Phi) is 8.28. The molecule has 3 aromatic rings. The number of carbonyl (C=O) groups is 2. The van der Waals surface area contributed by atoms with E-state index in [4.69, 9.17) is 11.6 Å². The van der Waals surface area contributed by atoms with E-state index in [1.165, 1.54) is 18.7 Å². The molecule has 6 nitrogen and oxygen atoms in total. The van der Waals surface area contributed by atoms with E-state index in [1.54, 1.807) is 12.1 Å². The molecular weight excluding hydrogens is 500 g/mol. The molecule has 0 spiro atoms. The van der Waals surface area contributed by atoms with Gasteiger partial charge in [0.1, 0.15) is 5.82 Å². The van der Waals surface area contributed by atoms with Gasteiger partial charge < -0.3 is 5.32 Å². The molecule has 0 radical (unpaired) electrons. The zero-order chi connectivity index (χ0) is 22.4. The number of aryl methyl sites for hydroxylation is 2. The number of benzene rings is 2. The number of hydrogen-bond donors (Lipinski definition) is 1. The molecule has 1 heterocycles. The summed E-state index contributed by atoms with van der Waals surface area (Å²) in [6.45, 7) is 3.99. The number of Topliss-reactive ketones (excluding diaryl/α,β-unsaturated/α-hetero) is 1. The third-order valence-electron chi connectivity index (χ3n) is 4.56. The molecule has 0 bridgehead atoms. The molecule has 0 aliphatic heterocycles. The van der Waals surface area contributed by atoms with E-state index >= 15 is 0 Å². The van der Waals surface area contributed by atoms with Gasteiger partial charge in [0.2, 0.25) is 5.91 Å². The van der Waals surface area contributed by atoms with Crippen molar-refractivity contribution in [3.05, 3.63) is 68.9 Å². The molecule has 0 saturated heterocycles. The van der Waals surface area contributed by atoms with Crippen LogP contribution in [0, 0.1) is 6.92 Å². The summed E-state index contributed by atoms with van der Waals surface area (Å²) in [6.07, 6.45) is 1.35.